The lowest BCUT2D eigenvalue weighted by Crippen LogP contribution is -3.11. The number of amides is 1. The lowest BCUT2D eigenvalue weighted by atomic mass is 10.1. The second-order valence-electron chi connectivity index (χ2n) is 7.15. The molecule has 0 spiro atoms. The molecule has 1 amide bonds. The fourth-order valence-electron chi connectivity index (χ4n) is 3.92. The van der Waals surface area contributed by atoms with Crippen molar-refractivity contribution in [2.24, 2.45) is 7.05 Å². The number of benzene rings is 1. The molecule has 1 N–H and O–H groups in total. The summed E-state index contributed by atoms with van der Waals surface area (Å²) in [4.78, 5) is 20.6. The highest BCUT2D eigenvalue weighted by Crippen LogP contribution is 2.22. The van der Waals surface area contributed by atoms with Gasteiger partial charge < -0.3 is 14.4 Å². The highest BCUT2D eigenvalue weighted by atomic mass is 32.1. The van der Waals surface area contributed by atoms with Crippen LogP contribution in [0.1, 0.15) is 29.6 Å². The molecule has 1 fully saturated rings. The van der Waals surface area contributed by atoms with E-state index in [1.807, 2.05) is 30.1 Å². The first-order valence-electron chi connectivity index (χ1n) is 9.16. The summed E-state index contributed by atoms with van der Waals surface area (Å²) in [6.07, 6.45) is 4.43. The van der Waals surface area contributed by atoms with Gasteiger partial charge in [0, 0.05) is 33.1 Å². The number of likely N-dealkylation sites (tertiary alicyclic amines) is 1. The quantitative estimate of drug-likeness (QED) is 0.748. The van der Waals surface area contributed by atoms with Gasteiger partial charge in [0.05, 0.1) is 29.0 Å². The number of nitrogens with one attached hydrogen (secondary N) is 1. The zero-order valence-electron chi connectivity index (χ0n) is 15.3. The summed E-state index contributed by atoms with van der Waals surface area (Å²) in [6, 6.07) is 12.8. The van der Waals surface area contributed by atoms with Crippen LogP contribution in [0.15, 0.2) is 42.6 Å². The number of thiazole rings is 1. The van der Waals surface area contributed by atoms with Crippen molar-refractivity contribution in [3.63, 3.8) is 0 Å². The molecule has 0 radical (unpaired) electrons. The van der Waals surface area contributed by atoms with Crippen LogP contribution in [-0.4, -0.2) is 40.5 Å². The topological polar surface area (TPSA) is 42.6 Å². The zero-order valence-corrected chi connectivity index (χ0v) is 16.1. The monoisotopic (exact) mass is 369 g/mol. The van der Waals surface area contributed by atoms with Crippen molar-refractivity contribution < 1.29 is 9.69 Å². The molecular weight excluding hydrogens is 344 g/mol. The summed E-state index contributed by atoms with van der Waals surface area (Å²) in [6.45, 7) is 2.20. The summed E-state index contributed by atoms with van der Waals surface area (Å²) in [7, 11) is 3.98. The van der Waals surface area contributed by atoms with Gasteiger partial charge in [-0.15, -0.1) is 11.3 Å². The molecule has 1 aliphatic heterocycles. The van der Waals surface area contributed by atoms with Crippen LogP contribution in [0.4, 0.5) is 0 Å². The van der Waals surface area contributed by atoms with Crippen LogP contribution in [-0.2, 0) is 18.4 Å². The van der Waals surface area contributed by atoms with Gasteiger partial charge in [-0.25, -0.2) is 4.98 Å². The molecule has 136 valence electrons. The van der Waals surface area contributed by atoms with Crippen LogP contribution in [0.5, 0.6) is 0 Å². The van der Waals surface area contributed by atoms with Gasteiger partial charge in [-0.3, -0.25) is 4.79 Å². The molecule has 6 heteroatoms. The highest BCUT2D eigenvalue weighted by molar-refractivity contribution is 7.18. The van der Waals surface area contributed by atoms with Crippen LogP contribution in [0, 0.1) is 0 Å². The van der Waals surface area contributed by atoms with Gasteiger partial charge in [0.25, 0.3) is 5.91 Å². The first-order chi connectivity index (χ1) is 12.6. The Hall–Kier alpha value is -2.18. The van der Waals surface area contributed by atoms with Crippen molar-refractivity contribution in [3.05, 3.63) is 53.3 Å². The van der Waals surface area contributed by atoms with Crippen molar-refractivity contribution in [1.29, 1.82) is 0 Å². The van der Waals surface area contributed by atoms with Gasteiger partial charge in [-0.2, -0.15) is 0 Å². The van der Waals surface area contributed by atoms with Crippen LogP contribution >= 0.6 is 11.3 Å². The van der Waals surface area contributed by atoms with E-state index in [0.29, 0.717) is 19.1 Å². The fourth-order valence-corrected chi connectivity index (χ4v) is 4.95. The molecular formula is C20H25N4OS+. The lowest BCUT2D eigenvalue weighted by molar-refractivity contribution is -0.911. The maximum atomic E-state index is 12.8. The molecule has 1 aromatic carbocycles. The molecule has 5 nitrogen and oxygen atoms in total. The first-order valence-corrected chi connectivity index (χ1v) is 9.97. The maximum absolute atomic E-state index is 12.8. The summed E-state index contributed by atoms with van der Waals surface area (Å²) in [5, 5.41) is 0.998. The molecule has 3 heterocycles. The lowest BCUT2D eigenvalue weighted by Gasteiger charge is -2.24. The van der Waals surface area contributed by atoms with Crippen molar-refractivity contribution in [1.82, 2.24) is 14.5 Å². The van der Waals surface area contributed by atoms with Gasteiger partial charge in [-0.05, 0) is 24.3 Å². The van der Waals surface area contributed by atoms with Crippen LogP contribution in [0.3, 0.4) is 0 Å². The third-order valence-electron chi connectivity index (χ3n) is 5.34. The fraction of sp³-hybridized carbons (Fsp3) is 0.400. The van der Waals surface area contributed by atoms with E-state index in [0.717, 1.165) is 23.5 Å². The number of rotatable bonds is 5. The molecule has 4 rings (SSSR count). The standard InChI is InChI=1S/C20H24N4OS/c1-22-11-5-8-16(22)17-9-6-12-24(17)14-20(25)23(2)13-19-21-15-7-3-4-10-18(15)26-19/h3-5,7-8,10-11,17H,6,9,12-14H2,1-2H3/p+1/t17-/m0/s1. The minimum atomic E-state index is 0.195. The number of nitrogens with zero attached hydrogens (tertiary/aromatic N) is 3. The third kappa shape index (κ3) is 3.39. The number of aromatic nitrogens is 2. The molecule has 2 aromatic heterocycles. The molecule has 1 unspecified atom stereocenters. The predicted octanol–water partition coefficient (Wildman–Crippen LogP) is 2.01. The Labute approximate surface area is 157 Å². The van der Waals surface area contributed by atoms with E-state index in [4.69, 9.17) is 0 Å². The molecule has 1 aliphatic rings. The van der Waals surface area contributed by atoms with E-state index < -0.39 is 0 Å². The SMILES string of the molecule is CN(Cc1nc2ccccc2s1)C(=O)C[NH+]1CCC[C@H]1c1cccn1C. The van der Waals surface area contributed by atoms with Crippen molar-refractivity contribution in [2.45, 2.75) is 25.4 Å². The minimum absolute atomic E-state index is 0.195. The smallest absolute Gasteiger partial charge is 0.277 e. The van der Waals surface area contributed by atoms with Gasteiger partial charge in [0.2, 0.25) is 0 Å². The Morgan fingerprint density at radius 1 is 1.35 bits per heavy atom. The molecule has 2 atom stereocenters. The summed E-state index contributed by atoms with van der Waals surface area (Å²) >= 11 is 1.67. The Morgan fingerprint density at radius 3 is 2.96 bits per heavy atom. The average molecular weight is 370 g/mol. The molecule has 0 aliphatic carbocycles. The largest absolute Gasteiger partial charge is 0.350 e. The molecule has 26 heavy (non-hydrogen) atoms. The van der Waals surface area contributed by atoms with E-state index in [1.54, 1.807) is 11.3 Å². The van der Waals surface area contributed by atoms with Gasteiger partial charge >= 0.3 is 0 Å². The minimum Gasteiger partial charge on any atom is -0.350 e. The Morgan fingerprint density at radius 2 is 2.19 bits per heavy atom. The number of fused-ring (bicyclic) bond motifs is 1. The number of hydrogen-bond donors (Lipinski definition) is 1. The number of hydrogen-bond acceptors (Lipinski definition) is 3. The number of carbonyl (C=O) groups is 1. The number of likely N-dealkylation sites (N-methyl/N-ethyl adjacent to an activating group) is 1. The van der Waals surface area contributed by atoms with Gasteiger partial charge in [-0.1, -0.05) is 12.1 Å². The van der Waals surface area contributed by atoms with E-state index >= 15 is 0 Å². The maximum Gasteiger partial charge on any atom is 0.277 e. The predicted molar refractivity (Wildman–Crippen MR) is 104 cm³/mol. The summed E-state index contributed by atoms with van der Waals surface area (Å²) in [5.74, 6) is 0.195. The zero-order chi connectivity index (χ0) is 18.1. The summed E-state index contributed by atoms with van der Waals surface area (Å²) < 4.78 is 3.36. The van der Waals surface area contributed by atoms with Crippen LogP contribution < -0.4 is 4.90 Å². The third-order valence-corrected chi connectivity index (χ3v) is 6.36. The molecule has 0 saturated carbocycles. The average Bonchev–Trinajstić information content (AvgIpc) is 3.33. The number of quaternary nitrogens is 1. The Balaban J connectivity index is 1.41. The first kappa shape index (κ1) is 17.2. The van der Waals surface area contributed by atoms with E-state index in [2.05, 4.69) is 41.0 Å². The van der Waals surface area contributed by atoms with E-state index in [-0.39, 0.29) is 5.91 Å². The Kier molecular flexibility index (Phi) is 4.78. The van der Waals surface area contributed by atoms with Crippen molar-refractivity contribution >= 4 is 27.5 Å². The Bertz CT molecular complexity index is 882. The number of para-hydroxylation sites is 1. The number of aryl methyl sites for hydroxylation is 1. The van der Waals surface area contributed by atoms with Crippen LogP contribution in [0.2, 0.25) is 0 Å². The normalized spacial score (nSPS) is 19.9. The van der Waals surface area contributed by atoms with E-state index in [1.165, 1.54) is 21.7 Å². The molecule has 1 saturated heterocycles. The second kappa shape index (κ2) is 7.21. The summed E-state index contributed by atoms with van der Waals surface area (Å²) in [5.41, 5.74) is 2.35. The highest BCUT2D eigenvalue weighted by Gasteiger charge is 2.33. The molecule has 0 bridgehead atoms. The van der Waals surface area contributed by atoms with Gasteiger partial charge in [0.15, 0.2) is 6.54 Å². The second-order valence-corrected chi connectivity index (χ2v) is 8.26. The van der Waals surface area contributed by atoms with Crippen molar-refractivity contribution in [2.75, 3.05) is 20.1 Å². The van der Waals surface area contributed by atoms with Crippen molar-refractivity contribution in [3.8, 4) is 0 Å². The van der Waals surface area contributed by atoms with Crippen LogP contribution in [0.25, 0.3) is 10.2 Å². The van der Waals surface area contributed by atoms with E-state index in [9.17, 15) is 4.79 Å². The number of carbonyl (C=O) groups excluding carboxylic acids is 1. The van der Waals surface area contributed by atoms with Gasteiger partial charge in [0.1, 0.15) is 11.0 Å². The molecule has 3 aromatic rings.